The predicted molar refractivity (Wildman–Crippen MR) is 70.8 cm³/mol. The standard InChI is InChI=1S/C12H14N4S/c1-3-10-14-11(16-12(13)15-10)8-4-6-9(17-2)7-5-8/h4-7H,3H2,1-2H3,(H2,13,14,15,16). The van der Waals surface area contributed by atoms with Crippen LogP contribution in [0.2, 0.25) is 0 Å². The molecule has 0 saturated heterocycles. The molecule has 0 saturated carbocycles. The Morgan fingerprint density at radius 3 is 2.41 bits per heavy atom. The summed E-state index contributed by atoms with van der Waals surface area (Å²) in [6.45, 7) is 2.00. The summed E-state index contributed by atoms with van der Waals surface area (Å²) in [5.41, 5.74) is 6.63. The molecule has 0 unspecified atom stereocenters. The monoisotopic (exact) mass is 246 g/mol. The van der Waals surface area contributed by atoms with Gasteiger partial charge in [0.05, 0.1) is 0 Å². The van der Waals surface area contributed by atoms with Gasteiger partial charge in [-0.2, -0.15) is 9.97 Å². The number of nitrogens with zero attached hydrogens (tertiary/aromatic N) is 3. The van der Waals surface area contributed by atoms with E-state index >= 15 is 0 Å². The van der Waals surface area contributed by atoms with Crippen LogP contribution in [0.4, 0.5) is 5.95 Å². The first-order valence-electron chi connectivity index (χ1n) is 5.37. The summed E-state index contributed by atoms with van der Waals surface area (Å²) in [5.74, 6) is 1.64. The summed E-state index contributed by atoms with van der Waals surface area (Å²) >= 11 is 1.71. The van der Waals surface area contributed by atoms with E-state index in [9.17, 15) is 0 Å². The van der Waals surface area contributed by atoms with Crippen molar-refractivity contribution in [2.45, 2.75) is 18.2 Å². The maximum absolute atomic E-state index is 5.66. The molecule has 0 amide bonds. The summed E-state index contributed by atoms with van der Waals surface area (Å²) in [6, 6.07) is 8.09. The number of hydrogen-bond donors (Lipinski definition) is 1. The predicted octanol–water partition coefficient (Wildman–Crippen LogP) is 2.41. The van der Waals surface area contributed by atoms with E-state index < -0.39 is 0 Å². The van der Waals surface area contributed by atoms with Crippen LogP contribution < -0.4 is 5.73 Å². The summed E-state index contributed by atoms with van der Waals surface area (Å²) in [7, 11) is 0. The molecule has 2 rings (SSSR count). The molecule has 88 valence electrons. The lowest BCUT2D eigenvalue weighted by Gasteiger charge is -2.04. The van der Waals surface area contributed by atoms with Crippen LogP contribution in [-0.2, 0) is 6.42 Å². The van der Waals surface area contributed by atoms with Gasteiger partial charge >= 0.3 is 0 Å². The lowest BCUT2D eigenvalue weighted by atomic mass is 10.2. The Labute approximate surface area is 105 Å². The third-order valence-corrected chi connectivity index (χ3v) is 3.11. The van der Waals surface area contributed by atoms with E-state index in [0.29, 0.717) is 5.82 Å². The Kier molecular flexibility index (Phi) is 3.58. The largest absolute Gasteiger partial charge is 0.368 e. The highest BCUT2D eigenvalue weighted by atomic mass is 32.2. The second kappa shape index (κ2) is 5.14. The van der Waals surface area contributed by atoms with Crippen molar-refractivity contribution in [3.63, 3.8) is 0 Å². The SMILES string of the molecule is CCc1nc(N)nc(-c2ccc(SC)cc2)n1. The van der Waals surface area contributed by atoms with Crippen LogP contribution in [0.5, 0.6) is 0 Å². The second-order valence-corrected chi connectivity index (χ2v) is 4.40. The van der Waals surface area contributed by atoms with Crippen molar-refractivity contribution in [3.8, 4) is 11.4 Å². The third-order valence-electron chi connectivity index (χ3n) is 2.36. The number of nitrogens with two attached hydrogens (primary N) is 1. The van der Waals surface area contributed by atoms with Crippen molar-refractivity contribution in [1.82, 2.24) is 15.0 Å². The number of anilines is 1. The van der Waals surface area contributed by atoms with Gasteiger partial charge in [0.15, 0.2) is 5.82 Å². The molecule has 1 aromatic heterocycles. The van der Waals surface area contributed by atoms with Crippen molar-refractivity contribution >= 4 is 17.7 Å². The van der Waals surface area contributed by atoms with Gasteiger partial charge in [0.25, 0.3) is 0 Å². The van der Waals surface area contributed by atoms with Gasteiger partial charge in [-0.1, -0.05) is 19.1 Å². The highest BCUT2D eigenvalue weighted by molar-refractivity contribution is 7.98. The molecule has 0 radical (unpaired) electrons. The quantitative estimate of drug-likeness (QED) is 0.842. The van der Waals surface area contributed by atoms with Crippen LogP contribution in [0, 0.1) is 0 Å². The Bertz CT molecular complexity index is 510. The molecule has 0 bridgehead atoms. The van der Waals surface area contributed by atoms with Crippen LogP contribution in [-0.4, -0.2) is 21.2 Å². The van der Waals surface area contributed by atoms with Gasteiger partial charge in [0.2, 0.25) is 5.95 Å². The molecule has 0 fully saturated rings. The molecule has 0 spiro atoms. The van der Waals surface area contributed by atoms with E-state index in [0.717, 1.165) is 17.8 Å². The highest BCUT2D eigenvalue weighted by Gasteiger charge is 2.05. The average Bonchev–Trinajstić information content (AvgIpc) is 2.38. The first-order chi connectivity index (χ1) is 8.22. The molecule has 0 aliphatic rings. The van der Waals surface area contributed by atoms with Gasteiger partial charge in [0, 0.05) is 16.9 Å². The van der Waals surface area contributed by atoms with Gasteiger partial charge in [0.1, 0.15) is 5.82 Å². The molecule has 0 atom stereocenters. The van der Waals surface area contributed by atoms with Crippen LogP contribution in [0.1, 0.15) is 12.7 Å². The first kappa shape index (κ1) is 11.9. The highest BCUT2D eigenvalue weighted by Crippen LogP contribution is 2.20. The molecule has 2 aromatic rings. The Morgan fingerprint density at radius 1 is 1.12 bits per heavy atom. The maximum Gasteiger partial charge on any atom is 0.223 e. The van der Waals surface area contributed by atoms with Gasteiger partial charge in [-0.3, -0.25) is 0 Å². The Balaban J connectivity index is 2.41. The van der Waals surface area contributed by atoms with Crippen LogP contribution in [0.15, 0.2) is 29.2 Å². The van der Waals surface area contributed by atoms with Gasteiger partial charge in [-0.25, -0.2) is 4.98 Å². The van der Waals surface area contributed by atoms with Crippen LogP contribution in [0.25, 0.3) is 11.4 Å². The number of aromatic nitrogens is 3. The molecule has 1 heterocycles. The summed E-state index contributed by atoms with van der Waals surface area (Å²) < 4.78 is 0. The topological polar surface area (TPSA) is 64.7 Å². The molecule has 0 aliphatic heterocycles. The van der Waals surface area contributed by atoms with Crippen molar-refractivity contribution in [1.29, 1.82) is 0 Å². The van der Waals surface area contributed by atoms with Crippen molar-refractivity contribution < 1.29 is 0 Å². The van der Waals surface area contributed by atoms with E-state index in [4.69, 9.17) is 5.73 Å². The normalized spacial score (nSPS) is 10.5. The van der Waals surface area contributed by atoms with Crippen LogP contribution in [0.3, 0.4) is 0 Å². The number of hydrogen-bond acceptors (Lipinski definition) is 5. The molecule has 17 heavy (non-hydrogen) atoms. The molecule has 5 heteroatoms. The van der Waals surface area contributed by atoms with E-state index in [1.807, 2.05) is 37.4 Å². The minimum absolute atomic E-state index is 0.279. The molecule has 2 N–H and O–H groups in total. The van der Waals surface area contributed by atoms with Crippen molar-refractivity contribution in [3.05, 3.63) is 30.1 Å². The summed E-state index contributed by atoms with van der Waals surface area (Å²) in [4.78, 5) is 13.8. The third kappa shape index (κ3) is 2.74. The fourth-order valence-electron chi connectivity index (χ4n) is 1.47. The smallest absolute Gasteiger partial charge is 0.223 e. The van der Waals surface area contributed by atoms with E-state index in [2.05, 4.69) is 15.0 Å². The minimum Gasteiger partial charge on any atom is -0.368 e. The molecular weight excluding hydrogens is 232 g/mol. The van der Waals surface area contributed by atoms with E-state index in [1.165, 1.54) is 4.90 Å². The maximum atomic E-state index is 5.66. The van der Waals surface area contributed by atoms with E-state index in [1.54, 1.807) is 11.8 Å². The van der Waals surface area contributed by atoms with Crippen molar-refractivity contribution in [2.75, 3.05) is 12.0 Å². The van der Waals surface area contributed by atoms with Gasteiger partial charge in [-0.15, -0.1) is 11.8 Å². The van der Waals surface area contributed by atoms with Crippen molar-refractivity contribution in [2.24, 2.45) is 0 Å². The van der Waals surface area contributed by atoms with Gasteiger partial charge in [-0.05, 0) is 18.4 Å². The molecule has 4 nitrogen and oxygen atoms in total. The fraction of sp³-hybridized carbons (Fsp3) is 0.250. The molecule has 1 aromatic carbocycles. The average molecular weight is 246 g/mol. The zero-order chi connectivity index (χ0) is 12.3. The fourth-order valence-corrected chi connectivity index (χ4v) is 1.87. The summed E-state index contributed by atoms with van der Waals surface area (Å²) in [6.07, 6.45) is 2.80. The molecule has 0 aliphatic carbocycles. The minimum atomic E-state index is 0.279. The zero-order valence-electron chi connectivity index (χ0n) is 9.84. The number of benzene rings is 1. The second-order valence-electron chi connectivity index (χ2n) is 3.52. The Morgan fingerprint density at radius 2 is 1.82 bits per heavy atom. The number of rotatable bonds is 3. The number of aryl methyl sites for hydroxylation is 1. The lowest BCUT2D eigenvalue weighted by molar-refractivity contribution is 0.913. The molecular formula is C12H14N4S. The van der Waals surface area contributed by atoms with Crippen LogP contribution >= 0.6 is 11.8 Å². The first-order valence-corrected chi connectivity index (χ1v) is 6.60. The summed E-state index contributed by atoms with van der Waals surface area (Å²) in [5, 5.41) is 0. The van der Waals surface area contributed by atoms with Gasteiger partial charge < -0.3 is 5.73 Å². The number of thioether (sulfide) groups is 1. The lowest BCUT2D eigenvalue weighted by Crippen LogP contribution is -2.04. The zero-order valence-corrected chi connectivity index (χ0v) is 10.7. The number of nitrogen functional groups attached to an aromatic ring is 1. The van der Waals surface area contributed by atoms with E-state index in [-0.39, 0.29) is 5.95 Å². The Hall–Kier alpha value is -1.62.